The van der Waals surface area contributed by atoms with E-state index in [0.717, 1.165) is 0 Å². The van der Waals surface area contributed by atoms with Crippen molar-refractivity contribution in [2.75, 3.05) is 17.7 Å². The minimum absolute atomic E-state index is 0.0441. The number of nitrogens with one attached hydrogen (secondary N) is 2. The van der Waals surface area contributed by atoms with E-state index in [1.807, 2.05) is 0 Å². The van der Waals surface area contributed by atoms with E-state index in [2.05, 4.69) is 10.6 Å². The van der Waals surface area contributed by atoms with Gasteiger partial charge < -0.3 is 20.5 Å². The molecule has 114 valence electrons. The Morgan fingerprint density at radius 3 is 2.36 bits per heavy atom. The molecule has 0 fully saturated rings. The van der Waals surface area contributed by atoms with Gasteiger partial charge in [0.15, 0.2) is 0 Å². The van der Waals surface area contributed by atoms with E-state index in [4.69, 9.17) is 21.4 Å². The Hall–Kier alpha value is -2.73. The van der Waals surface area contributed by atoms with Gasteiger partial charge in [-0.3, -0.25) is 0 Å². The highest BCUT2D eigenvalue weighted by Crippen LogP contribution is 2.25. The molecule has 0 saturated heterocycles. The average Bonchev–Trinajstić information content (AvgIpc) is 2.49. The van der Waals surface area contributed by atoms with Crippen LogP contribution in [0.25, 0.3) is 0 Å². The molecule has 0 aliphatic heterocycles. The van der Waals surface area contributed by atoms with Crippen molar-refractivity contribution in [2.24, 2.45) is 0 Å². The Bertz CT molecular complexity index is 701. The molecule has 2 rings (SSSR count). The highest BCUT2D eigenvalue weighted by molar-refractivity contribution is 6.30. The summed E-state index contributed by atoms with van der Waals surface area (Å²) in [5.41, 5.74) is 0.853. The normalized spacial score (nSPS) is 9.91. The summed E-state index contributed by atoms with van der Waals surface area (Å²) in [6, 6.07) is 10.2. The fraction of sp³-hybridized carbons (Fsp3) is 0.0667. The monoisotopic (exact) mass is 320 g/mol. The van der Waals surface area contributed by atoms with Crippen LogP contribution in [0.3, 0.4) is 0 Å². The van der Waals surface area contributed by atoms with Gasteiger partial charge in [-0.2, -0.15) is 0 Å². The highest BCUT2D eigenvalue weighted by atomic mass is 35.5. The van der Waals surface area contributed by atoms with E-state index in [0.29, 0.717) is 16.5 Å². The number of urea groups is 1. The van der Waals surface area contributed by atoms with Crippen molar-refractivity contribution >= 4 is 35.0 Å². The maximum Gasteiger partial charge on any atom is 0.335 e. The Morgan fingerprint density at radius 2 is 1.77 bits per heavy atom. The third-order valence-electron chi connectivity index (χ3n) is 2.80. The molecule has 2 aromatic carbocycles. The number of amides is 2. The minimum Gasteiger partial charge on any atom is -0.495 e. The number of aromatic carboxylic acids is 1. The van der Waals surface area contributed by atoms with Crippen molar-refractivity contribution in [2.45, 2.75) is 0 Å². The molecule has 6 nitrogen and oxygen atoms in total. The number of hydrogen-bond donors (Lipinski definition) is 3. The minimum atomic E-state index is -1.09. The third kappa shape index (κ3) is 3.89. The summed E-state index contributed by atoms with van der Waals surface area (Å²) in [6.07, 6.45) is 0. The van der Waals surface area contributed by atoms with Gasteiger partial charge in [0.05, 0.1) is 18.4 Å². The van der Waals surface area contributed by atoms with E-state index >= 15 is 0 Å². The van der Waals surface area contributed by atoms with Gasteiger partial charge in [-0.25, -0.2) is 9.59 Å². The lowest BCUT2D eigenvalue weighted by molar-refractivity contribution is 0.0697. The molecule has 0 bridgehead atoms. The van der Waals surface area contributed by atoms with Crippen LogP contribution in [0.4, 0.5) is 16.2 Å². The zero-order valence-corrected chi connectivity index (χ0v) is 12.3. The van der Waals surface area contributed by atoms with Crippen LogP contribution in [0.5, 0.6) is 5.75 Å². The van der Waals surface area contributed by atoms with E-state index in [1.54, 1.807) is 24.3 Å². The second-order valence-corrected chi connectivity index (χ2v) is 4.74. The molecule has 0 aromatic heterocycles. The summed E-state index contributed by atoms with van der Waals surface area (Å²) in [4.78, 5) is 22.9. The largest absolute Gasteiger partial charge is 0.495 e. The molecule has 3 N–H and O–H groups in total. The summed E-state index contributed by atoms with van der Waals surface area (Å²) in [5, 5.41) is 14.7. The fourth-order valence-electron chi connectivity index (χ4n) is 1.76. The summed E-state index contributed by atoms with van der Waals surface area (Å²) in [6.45, 7) is 0. The molecule has 0 unspecified atom stereocenters. The lowest BCUT2D eigenvalue weighted by Crippen LogP contribution is -2.20. The quantitative estimate of drug-likeness (QED) is 0.801. The van der Waals surface area contributed by atoms with Crippen molar-refractivity contribution in [3.05, 3.63) is 53.1 Å². The molecule has 0 heterocycles. The number of carbonyl (C=O) groups is 2. The van der Waals surface area contributed by atoms with Crippen molar-refractivity contribution in [1.82, 2.24) is 0 Å². The smallest absolute Gasteiger partial charge is 0.335 e. The van der Waals surface area contributed by atoms with E-state index in [9.17, 15) is 9.59 Å². The number of benzene rings is 2. The molecule has 22 heavy (non-hydrogen) atoms. The maximum atomic E-state index is 12.0. The van der Waals surface area contributed by atoms with Crippen molar-refractivity contribution in [3.8, 4) is 5.75 Å². The Morgan fingerprint density at radius 1 is 1.09 bits per heavy atom. The molecular formula is C15H13ClN2O4. The van der Waals surface area contributed by atoms with E-state index in [-0.39, 0.29) is 11.3 Å². The van der Waals surface area contributed by atoms with Crippen LogP contribution in [0.1, 0.15) is 10.4 Å². The van der Waals surface area contributed by atoms with Crippen molar-refractivity contribution < 1.29 is 19.4 Å². The number of carboxylic acids is 1. The average molecular weight is 321 g/mol. The summed E-state index contributed by atoms with van der Waals surface area (Å²) < 4.78 is 5.09. The summed E-state index contributed by atoms with van der Waals surface area (Å²) in [7, 11) is 1.43. The van der Waals surface area contributed by atoms with Gasteiger partial charge in [0, 0.05) is 10.7 Å². The SMILES string of the molecule is COc1ccc(C(=O)O)cc1NC(=O)Nc1ccc(Cl)cc1. The molecular weight excluding hydrogens is 308 g/mol. The zero-order chi connectivity index (χ0) is 16.1. The van der Waals surface area contributed by atoms with Gasteiger partial charge in [-0.05, 0) is 42.5 Å². The molecule has 0 aliphatic carbocycles. The van der Waals surface area contributed by atoms with Gasteiger partial charge in [0.25, 0.3) is 0 Å². The van der Waals surface area contributed by atoms with Crippen LogP contribution in [0.2, 0.25) is 5.02 Å². The number of carbonyl (C=O) groups excluding carboxylic acids is 1. The first-order valence-electron chi connectivity index (χ1n) is 6.24. The highest BCUT2D eigenvalue weighted by Gasteiger charge is 2.11. The van der Waals surface area contributed by atoms with Gasteiger partial charge in [-0.1, -0.05) is 11.6 Å². The lowest BCUT2D eigenvalue weighted by atomic mass is 10.2. The third-order valence-corrected chi connectivity index (χ3v) is 3.05. The van der Waals surface area contributed by atoms with E-state index < -0.39 is 12.0 Å². The molecule has 0 atom stereocenters. The number of ether oxygens (including phenoxy) is 1. The topological polar surface area (TPSA) is 87.7 Å². The second-order valence-electron chi connectivity index (χ2n) is 4.31. The Balaban J connectivity index is 2.14. The molecule has 0 saturated carbocycles. The number of hydrogen-bond acceptors (Lipinski definition) is 3. The van der Waals surface area contributed by atoms with Gasteiger partial charge in [-0.15, -0.1) is 0 Å². The van der Waals surface area contributed by atoms with Crippen LogP contribution in [0, 0.1) is 0 Å². The molecule has 0 aliphatic rings. The standard InChI is InChI=1S/C15H13ClN2O4/c1-22-13-7-2-9(14(19)20)8-12(13)18-15(21)17-11-5-3-10(16)4-6-11/h2-8H,1H3,(H,19,20)(H2,17,18,21). The maximum absolute atomic E-state index is 12.0. The van der Waals surface area contributed by atoms with Crippen molar-refractivity contribution in [1.29, 1.82) is 0 Å². The first-order chi connectivity index (χ1) is 10.5. The predicted molar refractivity (Wildman–Crippen MR) is 84.0 cm³/mol. The summed E-state index contributed by atoms with van der Waals surface area (Å²) in [5.74, 6) is -0.736. The number of rotatable bonds is 4. The van der Waals surface area contributed by atoms with Crippen LogP contribution >= 0.6 is 11.6 Å². The van der Waals surface area contributed by atoms with Gasteiger partial charge in [0.1, 0.15) is 5.75 Å². The molecule has 2 aromatic rings. The van der Waals surface area contributed by atoms with Gasteiger partial charge >= 0.3 is 12.0 Å². The first-order valence-corrected chi connectivity index (χ1v) is 6.62. The number of anilines is 2. The van der Waals surface area contributed by atoms with Crippen LogP contribution in [0.15, 0.2) is 42.5 Å². The zero-order valence-electron chi connectivity index (χ0n) is 11.6. The first kappa shape index (κ1) is 15.7. The molecule has 7 heteroatoms. The molecule has 0 radical (unpaired) electrons. The predicted octanol–water partition coefficient (Wildman–Crippen LogP) is 3.69. The number of halogens is 1. The Labute approximate surface area is 131 Å². The van der Waals surface area contributed by atoms with Crippen LogP contribution in [-0.4, -0.2) is 24.2 Å². The number of carboxylic acid groups (broad SMARTS) is 1. The van der Waals surface area contributed by atoms with E-state index in [1.165, 1.54) is 25.3 Å². The fourth-order valence-corrected chi connectivity index (χ4v) is 1.88. The number of methoxy groups -OCH3 is 1. The van der Waals surface area contributed by atoms with Crippen molar-refractivity contribution in [3.63, 3.8) is 0 Å². The molecule has 0 spiro atoms. The molecule has 2 amide bonds. The van der Waals surface area contributed by atoms with Gasteiger partial charge in [0.2, 0.25) is 0 Å². The lowest BCUT2D eigenvalue weighted by Gasteiger charge is -2.12. The summed E-state index contributed by atoms with van der Waals surface area (Å²) >= 11 is 5.76. The van der Waals surface area contributed by atoms with Crippen LogP contribution in [-0.2, 0) is 0 Å². The van der Waals surface area contributed by atoms with Crippen LogP contribution < -0.4 is 15.4 Å². The second kappa shape index (κ2) is 6.82. The Kier molecular flexibility index (Phi) is 4.85.